The highest BCUT2D eigenvalue weighted by atomic mass is 19.1. The first-order valence-electron chi connectivity index (χ1n) is 8.58. The molecule has 1 aromatic rings. The smallest absolute Gasteiger partial charge is 0.255 e. The Morgan fingerprint density at radius 3 is 2.75 bits per heavy atom. The van der Waals surface area contributed by atoms with E-state index in [0.29, 0.717) is 26.1 Å². The Bertz CT molecular complexity index is 598. The molecule has 1 aliphatic heterocycles. The SMILES string of the molecule is Cc1ccc(F)cc1CNC[C@]1(O)CCCN(CC(C)(C)C)C1=O. The molecule has 0 aliphatic carbocycles. The highest BCUT2D eigenvalue weighted by Gasteiger charge is 2.42. The number of aryl methyl sites for hydroxylation is 1. The number of hydrogen-bond acceptors (Lipinski definition) is 3. The average molecular weight is 336 g/mol. The van der Waals surface area contributed by atoms with Gasteiger partial charge in [-0.1, -0.05) is 26.8 Å². The Morgan fingerprint density at radius 2 is 2.08 bits per heavy atom. The molecule has 24 heavy (non-hydrogen) atoms. The predicted molar refractivity (Wildman–Crippen MR) is 93.1 cm³/mol. The van der Waals surface area contributed by atoms with Gasteiger partial charge in [-0.15, -0.1) is 0 Å². The molecule has 0 unspecified atom stereocenters. The molecule has 1 heterocycles. The van der Waals surface area contributed by atoms with Crippen LogP contribution in [0.2, 0.25) is 0 Å². The van der Waals surface area contributed by atoms with Crippen LogP contribution in [-0.4, -0.2) is 41.1 Å². The lowest BCUT2D eigenvalue weighted by Gasteiger charge is -2.41. The minimum atomic E-state index is -1.37. The van der Waals surface area contributed by atoms with Crippen LogP contribution in [0.25, 0.3) is 0 Å². The van der Waals surface area contributed by atoms with Gasteiger partial charge in [-0.05, 0) is 48.4 Å². The number of likely N-dealkylation sites (tertiary alicyclic amines) is 1. The molecule has 1 fully saturated rings. The molecule has 0 bridgehead atoms. The average Bonchev–Trinajstić information content (AvgIpc) is 2.46. The summed E-state index contributed by atoms with van der Waals surface area (Å²) >= 11 is 0. The van der Waals surface area contributed by atoms with Crippen LogP contribution >= 0.6 is 0 Å². The molecule has 1 atom stereocenters. The minimum Gasteiger partial charge on any atom is -0.379 e. The van der Waals surface area contributed by atoms with Crippen molar-refractivity contribution in [1.82, 2.24) is 10.2 Å². The summed E-state index contributed by atoms with van der Waals surface area (Å²) in [6, 6.07) is 4.65. The van der Waals surface area contributed by atoms with E-state index in [1.54, 1.807) is 11.0 Å². The Balaban J connectivity index is 1.97. The number of benzene rings is 1. The molecule has 0 spiro atoms. The van der Waals surface area contributed by atoms with Crippen molar-refractivity contribution in [3.05, 3.63) is 35.1 Å². The van der Waals surface area contributed by atoms with Gasteiger partial charge in [0, 0.05) is 26.2 Å². The van der Waals surface area contributed by atoms with Crippen molar-refractivity contribution in [1.29, 1.82) is 0 Å². The number of carbonyl (C=O) groups excluding carboxylic acids is 1. The van der Waals surface area contributed by atoms with Gasteiger partial charge in [-0.3, -0.25) is 4.79 Å². The minimum absolute atomic E-state index is 0.0000160. The van der Waals surface area contributed by atoms with Gasteiger partial charge in [0.15, 0.2) is 5.60 Å². The summed E-state index contributed by atoms with van der Waals surface area (Å²) in [5, 5.41) is 13.9. The summed E-state index contributed by atoms with van der Waals surface area (Å²) in [5.74, 6) is -0.478. The lowest BCUT2D eigenvalue weighted by atomic mass is 9.88. The van der Waals surface area contributed by atoms with Crippen molar-refractivity contribution in [3.63, 3.8) is 0 Å². The molecule has 2 rings (SSSR count). The van der Waals surface area contributed by atoms with E-state index >= 15 is 0 Å². The monoisotopic (exact) mass is 336 g/mol. The second kappa shape index (κ2) is 7.19. The van der Waals surface area contributed by atoms with E-state index in [1.807, 2.05) is 6.92 Å². The molecule has 1 saturated heterocycles. The third-order valence-corrected chi connectivity index (χ3v) is 4.41. The molecule has 1 aromatic carbocycles. The molecule has 134 valence electrons. The first-order valence-corrected chi connectivity index (χ1v) is 8.58. The predicted octanol–water partition coefficient (Wildman–Crippen LogP) is 2.62. The molecule has 1 aliphatic rings. The van der Waals surface area contributed by atoms with Crippen LogP contribution in [0, 0.1) is 18.2 Å². The third-order valence-electron chi connectivity index (χ3n) is 4.41. The van der Waals surface area contributed by atoms with Gasteiger partial charge in [-0.25, -0.2) is 4.39 Å². The highest BCUT2D eigenvalue weighted by Crippen LogP contribution is 2.26. The molecular weight excluding hydrogens is 307 g/mol. The fourth-order valence-corrected chi connectivity index (χ4v) is 3.19. The lowest BCUT2D eigenvalue weighted by Crippen LogP contribution is -2.59. The van der Waals surface area contributed by atoms with Gasteiger partial charge in [0.25, 0.3) is 5.91 Å². The van der Waals surface area contributed by atoms with Gasteiger partial charge >= 0.3 is 0 Å². The number of rotatable bonds is 5. The zero-order valence-electron chi connectivity index (χ0n) is 15.2. The van der Waals surface area contributed by atoms with Crippen molar-refractivity contribution in [2.45, 2.75) is 52.7 Å². The topological polar surface area (TPSA) is 52.6 Å². The van der Waals surface area contributed by atoms with Crippen molar-refractivity contribution < 1.29 is 14.3 Å². The van der Waals surface area contributed by atoms with E-state index in [9.17, 15) is 14.3 Å². The Hall–Kier alpha value is -1.46. The van der Waals surface area contributed by atoms with Crippen LogP contribution in [0.4, 0.5) is 4.39 Å². The molecule has 2 N–H and O–H groups in total. The molecule has 4 nitrogen and oxygen atoms in total. The van der Waals surface area contributed by atoms with E-state index < -0.39 is 5.60 Å². The third kappa shape index (κ3) is 4.77. The summed E-state index contributed by atoms with van der Waals surface area (Å²) in [6.45, 7) is 10.1. The number of aliphatic hydroxyl groups is 1. The number of nitrogens with one attached hydrogen (secondary N) is 1. The second-order valence-electron chi connectivity index (χ2n) is 8.10. The summed E-state index contributed by atoms with van der Waals surface area (Å²) in [7, 11) is 0. The van der Waals surface area contributed by atoms with Crippen LogP contribution in [0.3, 0.4) is 0 Å². The zero-order valence-corrected chi connectivity index (χ0v) is 15.2. The van der Waals surface area contributed by atoms with E-state index in [2.05, 4.69) is 26.1 Å². The number of amides is 1. The van der Waals surface area contributed by atoms with Crippen molar-refractivity contribution in [2.24, 2.45) is 5.41 Å². The first-order chi connectivity index (χ1) is 11.1. The summed E-state index contributed by atoms with van der Waals surface area (Å²) in [4.78, 5) is 14.4. The number of halogens is 1. The van der Waals surface area contributed by atoms with Gasteiger partial charge in [-0.2, -0.15) is 0 Å². The normalized spacial score (nSPS) is 22.1. The van der Waals surface area contributed by atoms with Crippen LogP contribution in [0.15, 0.2) is 18.2 Å². The van der Waals surface area contributed by atoms with Gasteiger partial charge < -0.3 is 15.3 Å². The number of carbonyl (C=O) groups is 1. The second-order valence-corrected chi connectivity index (χ2v) is 8.10. The maximum atomic E-state index is 13.3. The molecule has 0 saturated carbocycles. The van der Waals surface area contributed by atoms with E-state index in [0.717, 1.165) is 17.5 Å². The maximum Gasteiger partial charge on any atom is 0.255 e. The summed E-state index contributed by atoms with van der Waals surface area (Å²) < 4.78 is 13.3. The summed E-state index contributed by atoms with van der Waals surface area (Å²) in [5.41, 5.74) is 0.457. The zero-order chi connectivity index (χ0) is 18.0. The Kier molecular flexibility index (Phi) is 5.66. The van der Waals surface area contributed by atoms with E-state index in [1.165, 1.54) is 12.1 Å². The number of hydrogen-bond donors (Lipinski definition) is 2. The maximum absolute atomic E-state index is 13.3. The molecule has 5 heteroatoms. The molecule has 1 amide bonds. The molecule has 0 aromatic heterocycles. The van der Waals surface area contributed by atoms with Crippen LogP contribution < -0.4 is 5.32 Å². The number of nitrogens with zero attached hydrogens (tertiary/aromatic N) is 1. The standard InChI is InChI=1S/C19H29FN2O2/c1-14-6-7-16(20)10-15(14)11-21-12-19(24)8-5-9-22(17(19)23)13-18(2,3)4/h6-7,10,21,24H,5,8-9,11-13H2,1-4H3/t19-/m1/s1. The van der Waals surface area contributed by atoms with Crippen LogP contribution in [0.5, 0.6) is 0 Å². The van der Waals surface area contributed by atoms with Gasteiger partial charge in [0.1, 0.15) is 5.82 Å². The van der Waals surface area contributed by atoms with Crippen molar-refractivity contribution >= 4 is 5.91 Å². The summed E-state index contributed by atoms with van der Waals surface area (Å²) in [6.07, 6.45) is 1.25. The van der Waals surface area contributed by atoms with Crippen LogP contribution in [-0.2, 0) is 11.3 Å². The molecular formula is C19H29FN2O2. The highest BCUT2D eigenvalue weighted by molar-refractivity contribution is 5.86. The Labute approximate surface area is 144 Å². The lowest BCUT2D eigenvalue weighted by molar-refractivity contribution is -0.158. The van der Waals surface area contributed by atoms with Crippen LogP contribution in [0.1, 0.15) is 44.7 Å². The van der Waals surface area contributed by atoms with Gasteiger partial charge in [0.05, 0.1) is 0 Å². The first kappa shape index (κ1) is 18.9. The van der Waals surface area contributed by atoms with Gasteiger partial charge in [0.2, 0.25) is 0 Å². The fourth-order valence-electron chi connectivity index (χ4n) is 3.19. The van der Waals surface area contributed by atoms with Crippen molar-refractivity contribution in [3.8, 4) is 0 Å². The Morgan fingerprint density at radius 1 is 1.38 bits per heavy atom. The molecule has 0 radical (unpaired) electrons. The largest absolute Gasteiger partial charge is 0.379 e. The fraction of sp³-hybridized carbons (Fsp3) is 0.632. The van der Waals surface area contributed by atoms with E-state index in [-0.39, 0.29) is 23.7 Å². The quantitative estimate of drug-likeness (QED) is 0.869. The van der Waals surface area contributed by atoms with E-state index in [4.69, 9.17) is 0 Å². The van der Waals surface area contributed by atoms with Crippen molar-refractivity contribution in [2.75, 3.05) is 19.6 Å². The number of piperidine rings is 1.